The zero-order chi connectivity index (χ0) is 20.6. The average Bonchev–Trinajstić information content (AvgIpc) is 3.09. The van der Waals surface area contributed by atoms with E-state index >= 15 is 0 Å². The number of amides is 3. The maximum atomic E-state index is 12.4. The third-order valence-electron chi connectivity index (χ3n) is 6.63. The molecule has 158 valence electrons. The molecule has 2 aliphatic heterocycles. The lowest BCUT2D eigenvalue weighted by molar-refractivity contribution is -0.0783. The lowest BCUT2D eigenvalue weighted by atomic mass is 9.80. The molecular formula is C19H27N5O5. The van der Waals surface area contributed by atoms with Crippen LogP contribution in [0.4, 0.5) is 9.59 Å². The monoisotopic (exact) mass is 405 g/mol. The summed E-state index contributed by atoms with van der Waals surface area (Å²) in [4.78, 5) is 25.9. The Morgan fingerprint density at radius 3 is 2.62 bits per heavy atom. The number of fused-ring (bicyclic) bond motifs is 3. The molecule has 10 nitrogen and oxygen atoms in total. The van der Waals surface area contributed by atoms with E-state index in [0.717, 1.165) is 24.3 Å². The highest BCUT2D eigenvalue weighted by Crippen LogP contribution is 2.61. The van der Waals surface area contributed by atoms with Gasteiger partial charge in [0.1, 0.15) is 11.6 Å². The summed E-state index contributed by atoms with van der Waals surface area (Å²) in [6, 6.07) is -0.761. The third-order valence-corrected chi connectivity index (χ3v) is 6.63. The maximum Gasteiger partial charge on any atom is 0.407 e. The molecule has 2 N–H and O–H groups in total. The third kappa shape index (κ3) is 3.13. The number of aromatic nitrogens is 2. The molecule has 29 heavy (non-hydrogen) atoms. The molecule has 1 aromatic heterocycles. The lowest BCUT2D eigenvalue weighted by Gasteiger charge is -2.35. The second kappa shape index (κ2) is 6.07. The van der Waals surface area contributed by atoms with Crippen LogP contribution in [0.15, 0.2) is 4.42 Å². The second-order valence-corrected chi connectivity index (χ2v) is 9.87. The van der Waals surface area contributed by atoms with Gasteiger partial charge >= 0.3 is 12.1 Å². The van der Waals surface area contributed by atoms with Crippen LogP contribution >= 0.6 is 0 Å². The highest BCUT2D eigenvalue weighted by Gasteiger charge is 2.63. The van der Waals surface area contributed by atoms with Crippen molar-refractivity contribution in [3.05, 3.63) is 11.8 Å². The molecule has 2 bridgehead atoms. The van der Waals surface area contributed by atoms with Crippen LogP contribution in [-0.4, -0.2) is 61.7 Å². The van der Waals surface area contributed by atoms with Gasteiger partial charge in [-0.3, -0.25) is 5.21 Å². The molecule has 1 unspecified atom stereocenters. The molecule has 0 radical (unpaired) electrons. The molecule has 2 saturated heterocycles. The van der Waals surface area contributed by atoms with Gasteiger partial charge in [-0.1, -0.05) is 0 Å². The van der Waals surface area contributed by atoms with Gasteiger partial charge in [0.2, 0.25) is 11.8 Å². The predicted molar refractivity (Wildman–Crippen MR) is 98.0 cm³/mol. The first kappa shape index (κ1) is 18.7. The van der Waals surface area contributed by atoms with Crippen LogP contribution in [0.3, 0.4) is 0 Å². The van der Waals surface area contributed by atoms with Crippen molar-refractivity contribution in [2.75, 3.05) is 6.54 Å². The van der Waals surface area contributed by atoms with Gasteiger partial charge in [0, 0.05) is 18.5 Å². The summed E-state index contributed by atoms with van der Waals surface area (Å²) in [6.45, 7) is 5.99. The number of rotatable bonds is 3. The topological polar surface area (TPSA) is 121 Å². The standard InChI is InChI=1S/C19H27N5O5/c1-18(2,3)29-16(25)20-11-6-10(7-11)14-21-22-15(28-14)12-8-19(4-5-19)13-9-23(12)17(26)24(13)27/h10-13,27H,4-9H2,1-3H3,(H,20,25)/t10-,11-,12?,13-/m1/s1. The normalized spacial score (nSPS) is 32.3. The fourth-order valence-corrected chi connectivity index (χ4v) is 4.83. The van der Waals surface area contributed by atoms with Crippen LogP contribution in [0, 0.1) is 5.41 Å². The summed E-state index contributed by atoms with van der Waals surface area (Å²) in [7, 11) is 0. The molecule has 3 heterocycles. The summed E-state index contributed by atoms with van der Waals surface area (Å²) in [5.41, 5.74) is -0.542. The van der Waals surface area contributed by atoms with Crippen molar-refractivity contribution in [1.29, 1.82) is 0 Å². The Balaban J connectivity index is 1.21. The molecule has 2 saturated carbocycles. The van der Waals surface area contributed by atoms with Crippen LogP contribution in [0.5, 0.6) is 0 Å². The number of urea groups is 1. The second-order valence-electron chi connectivity index (χ2n) is 9.87. The molecule has 4 fully saturated rings. The summed E-state index contributed by atoms with van der Waals surface area (Å²) < 4.78 is 11.2. The van der Waals surface area contributed by atoms with Crippen LogP contribution < -0.4 is 5.32 Å². The number of ether oxygens (including phenoxy) is 1. The number of hydrogen-bond acceptors (Lipinski definition) is 7. The van der Waals surface area contributed by atoms with E-state index < -0.39 is 11.7 Å². The minimum Gasteiger partial charge on any atom is -0.444 e. The first-order valence-electron chi connectivity index (χ1n) is 10.3. The molecule has 0 aromatic carbocycles. The van der Waals surface area contributed by atoms with Crippen molar-refractivity contribution in [3.8, 4) is 0 Å². The van der Waals surface area contributed by atoms with Crippen LogP contribution in [0.25, 0.3) is 0 Å². The first-order valence-corrected chi connectivity index (χ1v) is 10.3. The Hall–Kier alpha value is -2.36. The number of carbonyl (C=O) groups is 2. The number of nitrogens with one attached hydrogen (secondary N) is 1. The molecule has 10 heteroatoms. The van der Waals surface area contributed by atoms with E-state index in [-0.39, 0.29) is 35.5 Å². The van der Waals surface area contributed by atoms with Crippen molar-refractivity contribution < 1.29 is 24.0 Å². The maximum absolute atomic E-state index is 12.4. The molecule has 5 rings (SSSR count). The van der Waals surface area contributed by atoms with E-state index in [0.29, 0.717) is 31.2 Å². The fraction of sp³-hybridized carbons (Fsp3) is 0.789. The van der Waals surface area contributed by atoms with Crippen LogP contribution in [-0.2, 0) is 4.74 Å². The van der Waals surface area contributed by atoms with Crippen molar-refractivity contribution >= 4 is 12.1 Å². The zero-order valence-electron chi connectivity index (χ0n) is 16.9. The van der Waals surface area contributed by atoms with Crippen molar-refractivity contribution in [2.45, 2.75) is 82.5 Å². The molecule has 2 atom stereocenters. The van der Waals surface area contributed by atoms with E-state index in [1.54, 1.807) is 4.90 Å². The summed E-state index contributed by atoms with van der Waals surface area (Å²) in [5, 5.41) is 22.3. The number of piperidine rings is 1. The average molecular weight is 405 g/mol. The SMILES string of the molecule is CC(C)(C)OC(=O)N[C@H]1C[C@H](c2nnc(C3CC4(CC4)[C@H]4CN3C(=O)N4O)o2)C1. The Morgan fingerprint density at radius 2 is 1.97 bits per heavy atom. The number of alkyl carbamates (subject to hydrolysis) is 1. The van der Waals surface area contributed by atoms with E-state index in [1.807, 2.05) is 20.8 Å². The van der Waals surface area contributed by atoms with E-state index in [2.05, 4.69) is 15.5 Å². The van der Waals surface area contributed by atoms with Crippen molar-refractivity contribution in [2.24, 2.45) is 5.41 Å². The quantitative estimate of drug-likeness (QED) is 0.741. The molecule has 2 aliphatic carbocycles. The Labute approximate surface area is 168 Å². The summed E-state index contributed by atoms with van der Waals surface area (Å²) >= 11 is 0. The van der Waals surface area contributed by atoms with E-state index in [9.17, 15) is 14.8 Å². The van der Waals surface area contributed by atoms with Crippen LogP contribution in [0.2, 0.25) is 0 Å². The molecule has 4 aliphatic rings. The number of carbonyl (C=O) groups excluding carboxylic acids is 2. The Morgan fingerprint density at radius 1 is 1.28 bits per heavy atom. The summed E-state index contributed by atoms with van der Waals surface area (Å²) in [6.07, 6.45) is 3.77. The van der Waals surface area contributed by atoms with E-state index in [1.165, 1.54) is 0 Å². The summed E-state index contributed by atoms with van der Waals surface area (Å²) in [5.74, 6) is 1.07. The van der Waals surface area contributed by atoms with Crippen molar-refractivity contribution in [3.63, 3.8) is 0 Å². The molecule has 1 spiro atoms. The van der Waals surface area contributed by atoms with Gasteiger partial charge in [0.25, 0.3) is 0 Å². The highest BCUT2D eigenvalue weighted by atomic mass is 16.6. The molecular weight excluding hydrogens is 378 g/mol. The van der Waals surface area contributed by atoms with Gasteiger partial charge in [-0.05, 0) is 58.3 Å². The number of hydroxylamine groups is 2. The fourth-order valence-electron chi connectivity index (χ4n) is 4.83. The Kier molecular flexibility index (Phi) is 3.90. The van der Waals surface area contributed by atoms with Gasteiger partial charge in [-0.2, -0.15) is 0 Å². The minimum absolute atomic E-state index is 0.0182. The predicted octanol–water partition coefficient (Wildman–Crippen LogP) is 2.56. The highest BCUT2D eigenvalue weighted by molar-refractivity contribution is 5.77. The van der Waals surface area contributed by atoms with Crippen molar-refractivity contribution in [1.82, 2.24) is 25.5 Å². The van der Waals surface area contributed by atoms with Crippen LogP contribution in [0.1, 0.15) is 76.6 Å². The number of hydrogen-bond donors (Lipinski definition) is 2. The lowest BCUT2D eigenvalue weighted by Crippen LogP contribution is -2.45. The smallest absolute Gasteiger partial charge is 0.407 e. The van der Waals surface area contributed by atoms with Gasteiger partial charge in [-0.25, -0.2) is 14.7 Å². The molecule has 1 aromatic rings. The van der Waals surface area contributed by atoms with E-state index in [4.69, 9.17) is 9.15 Å². The van der Waals surface area contributed by atoms with Gasteiger partial charge in [0.05, 0.1) is 6.04 Å². The molecule has 3 amide bonds. The van der Waals surface area contributed by atoms with Gasteiger partial charge in [0.15, 0.2) is 0 Å². The Bertz CT molecular complexity index is 838. The minimum atomic E-state index is -0.524. The van der Waals surface area contributed by atoms with Gasteiger partial charge < -0.3 is 19.4 Å². The number of nitrogens with zero attached hydrogens (tertiary/aromatic N) is 4. The largest absolute Gasteiger partial charge is 0.444 e. The first-order chi connectivity index (χ1) is 13.7. The van der Waals surface area contributed by atoms with Gasteiger partial charge in [-0.15, -0.1) is 10.2 Å². The zero-order valence-corrected chi connectivity index (χ0v) is 16.9.